The van der Waals surface area contributed by atoms with Crippen LogP contribution in [-0.4, -0.2) is 28.8 Å². The Kier molecular flexibility index (Phi) is 9.98. The number of carbonyl (C=O) groups excluding carboxylic acids is 2. The third-order valence-corrected chi connectivity index (χ3v) is 6.85. The molecule has 0 fully saturated rings. The highest BCUT2D eigenvalue weighted by Gasteiger charge is 2.31. The van der Waals surface area contributed by atoms with Crippen LogP contribution in [0, 0.1) is 13.8 Å². The molecule has 6 heteroatoms. The number of aryl methyl sites for hydroxylation is 2. The number of rotatable bonds is 10. The first-order valence-electron chi connectivity index (χ1n) is 12.3. The van der Waals surface area contributed by atoms with E-state index in [1.165, 1.54) is 0 Å². The number of hydrogen-bond acceptors (Lipinski definition) is 2. The quantitative estimate of drug-likeness (QED) is 0.320. The van der Waals surface area contributed by atoms with Gasteiger partial charge in [0.1, 0.15) is 6.04 Å². The molecule has 0 saturated carbocycles. The molecule has 0 spiro atoms. The molecule has 0 radical (unpaired) electrons. The van der Waals surface area contributed by atoms with Crippen LogP contribution in [0.25, 0.3) is 0 Å². The molecular formula is C30H34Cl2N2O2. The van der Waals surface area contributed by atoms with Gasteiger partial charge >= 0.3 is 0 Å². The fourth-order valence-corrected chi connectivity index (χ4v) is 4.74. The van der Waals surface area contributed by atoms with Gasteiger partial charge in [0, 0.05) is 29.1 Å². The molecule has 3 rings (SSSR count). The predicted molar refractivity (Wildman–Crippen MR) is 148 cm³/mol. The SMILES string of the molecule is CC[C@@H](C)NC(=O)[C@@H](Cc1ccccc1)N(Cc1ccc(Cl)cc1Cl)C(=O)Cc1cc(C)cc(C)c1. The van der Waals surface area contributed by atoms with Crippen LogP contribution < -0.4 is 5.32 Å². The number of halogens is 2. The Labute approximate surface area is 224 Å². The van der Waals surface area contributed by atoms with Gasteiger partial charge < -0.3 is 10.2 Å². The van der Waals surface area contributed by atoms with E-state index in [1.807, 2.05) is 76.2 Å². The summed E-state index contributed by atoms with van der Waals surface area (Å²) in [5, 5.41) is 4.08. The predicted octanol–water partition coefficient (Wildman–Crippen LogP) is 6.71. The summed E-state index contributed by atoms with van der Waals surface area (Å²) in [6, 6.07) is 20.4. The van der Waals surface area contributed by atoms with E-state index in [0.29, 0.717) is 16.5 Å². The van der Waals surface area contributed by atoms with Crippen molar-refractivity contribution in [3.8, 4) is 0 Å². The van der Waals surface area contributed by atoms with Gasteiger partial charge in [0.25, 0.3) is 0 Å². The van der Waals surface area contributed by atoms with E-state index >= 15 is 0 Å². The van der Waals surface area contributed by atoms with Gasteiger partial charge in [0.15, 0.2) is 0 Å². The van der Waals surface area contributed by atoms with Crippen LogP contribution in [0.3, 0.4) is 0 Å². The minimum absolute atomic E-state index is 0.00809. The Morgan fingerprint density at radius 3 is 2.19 bits per heavy atom. The Hall–Kier alpha value is -2.82. The van der Waals surface area contributed by atoms with Gasteiger partial charge in [-0.25, -0.2) is 0 Å². The lowest BCUT2D eigenvalue weighted by molar-refractivity contribution is -0.141. The average Bonchev–Trinajstić information content (AvgIpc) is 2.82. The number of hydrogen-bond donors (Lipinski definition) is 1. The van der Waals surface area contributed by atoms with Gasteiger partial charge in [-0.2, -0.15) is 0 Å². The summed E-state index contributed by atoms with van der Waals surface area (Å²) < 4.78 is 0. The molecule has 36 heavy (non-hydrogen) atoms. The summed E-state index contributed by atoms with van der Waals surface area (Å²) in [5.74, 6) is -0.307. The Morgan fingerprint density at radius 2 is 1.58 bits per heavy atom. The summed E-state index contributed by atoms with van der Waals surface area (Å²) in [6.07, 6.45) is 1.38. The van der Waals surface area contributed by atoms with Gasteiger partial charge in [-0.15, -0.1) is 0 Å². The molecule has 190 valence electrons. The molecule has 0 saturated heterocycles. The van der Waals surface area contributed by atoms with Crippen molar-refractivity contribution in [2.45, 2.75) is 65.6 Å². The summed E-state index contributed by atoms with van der Waals surface area (Å²) in [4.78, 5) is 29.1. The van der Waals surface area contributed by atoms with E-state index in [4.69, 9.17) is 23.2 Å². The van der Waals surface area contributed by atoms with E-state index < -0.39 is 6.04 Å². The van der Waals surface area contributed by atoms with E-state index in [2.05, 4.69) is 11.4 Å². The van der Waals surface area contributed by atoms with E-state index in [0.717, 1.165) is 34.2 Å². The topological polar surface area (TPSA) is 49.4 Å². The first-order chi connectivity index (χ1) is 17.2. The second-order valence-electron chi connectivity index (χ2n) is 9.45. The highest BCUT2D eigenvalue weighted by Crippen LogP contribution is 2.25. The summed E-state index contributed by atoms with van der Waals surface area (Å²) >= 11 is 12.6. The minimum Gasteiger partial charge on any atom is -0.352 e. The highest BCUT2D eigenvalue weighted by molar-refractivity contribution is 6.35. The number of nitrogens with one attached hydrogen (secondary N) is 1. The van der Waals surface area contributed by atoms with Crippen molar-refractivity contribution in [1.29, 1.82) is 0 Å². The Bertz CT molecular complexity index is 1180. The van der Waals surface area contributed by atoms with Crippen molar-refractivity contribution < 1.29 is 9.59 Å². The lowest BCUT2D eigenvalue weighted by Crippen LogP contribution is -2.52. The van der Waals surface area contributed by atoms with Gasteiger partial charge in [-0.05, 0) is 56.0 Å². The van der Waals surface area contributed by atoms with Crippen molar-refractivity contribution >= 4 is 35.0 Å². The van der Waals surface area contributed by atoms with Gasteiger partial charge in [0.05, 0.1) is 6.42 Å². The molecule has 2 atom stereocenters. The van der Waals surface area contributed by atoms with E-state index in [1.54, 1.807) is 17.0 Å². The normalized spacial score (nSPS) is 12.6. The molecule has 0 bridgehead atoms. The van der Waals surface area contributed by atoms with Crippen LogP contribution in [0.4, 0.5) is 0 Å². The smallest absolute Gasteiger partial charge is 0.243 e. The minimum atomic E-state index is -0.702. The maximum Gasteiger partial charge on any atom is 0.243 e. The molecular weight excluding hydrogens is 491 g/mol. The molecule has 4 nitrogen and oxygen atoms in total. The maximum absolute atomic E-state index is 13.9. The first kappa shape index (κ1) is 27.8. The molecule has 3 aromatic carbocycles. The number of benzene rings is 3. The van der Waals surface area contributed by atoms with Crippen molar-refractivity contribution in [2.75, 3.05) is 0 Å². The highest BCUT2D eigenvalue weighted by atomic mass is 35.5. The second kappa shape index (κ2) is 12.9. The number of amides is 2. The van der Waals surface area contributed by atoms with Crippen LogP contribution in [0.5, 0.6) is 0 Å². The largest absolute Gasteiger partial charge is 0.352 e. The van der Waals surface area contributed by atoms with Crippen molar-refractivity contribution in [1.82, 2.24) is 10.2 Å². The van der Waals surface area contributed by atoms with E-state index in [-0.39, 0.29) is 30.8 Å². The number of nitrogens with zero attached hydrogens (tertiary/aromatic N) is 1. The fraction of sp³-hybridized carbons (Fsp3) is 0.333. The Morgan fingerprint density at radius 1 is 0.917 bits per heavy atom. The number of carbonyl (C=O) groups is 2. The monoisotopic (exact) mass is 524 g/mol. The van der Waals surface area contributed by atoms with Crippen molar-refractivity contribution in [2.24, 2.45) is 0 Å². The molecule has 1 N–H and O–H groups in total. The van der Waals surface area contributed by atoms with E-state index in [9.17, 15) is 9.59 Å². The van der Waals surface area contributed by atoms with Crippen LogP contribution in [-0.2, 0) is 29.0 Å². The standard InChI is InChI=1S/C30H34Cl2N2O2/c1-5-22(4)33-30(36)28(16-23-9-7-6-8-10-23)34(19-25-11-12-26(31)18-27(25)32)29(35)17-24-14-20(2)13-21(3)15-24/h6-15,18,22,28H,5,16-17,19H2,1-4H3,(H,33,36)/t22-,28-/m1/s1. The van der Waals surface area contributed by atoms with Gasteiger partial charge in [0.2, 0.25) is 11.8 Å². The lowest BCUT2D eigenvalue weighted by atomic mass is 10.00. The third-order valence-electron chi connectivity index (χ3n) is 6.26. The molecule has 3 aromatic rings. The molecule has 0 heterocycles. The zero-order valence-electron chi connectivity index (χ0n) is 21.4. The zero-order chi connectivity index (χ0) is 26.2. The van der Waals surface area contributed by atoms with Crippen molar-refractivity contribution in [3.05, 3.63) is 105 Å². The summed E-state index contributed by atoms with van der Waals surface area (Å²) in [5.41, 5.74) is 4.84. The first-order valence-corrected chi connectivity index (χ1v) is 13.1. The van der Waals surface area contributed by atoms with Gasteiger partial charge in [-0.1, -0.05) is 95.8 Å². The molecule has 2 amide bonds. The summed E-state index contributed by atoms with van der Waals surface area (Å²) in [7, 11) is 0. The van der Waals surface area contributed by atoms with Crippen LogP contribution in [0.15, 0.2) is 66.7 Å². The molecule has 0 aliphatic carbocycles. The molecule has 0 aliphatic heterocycles. The maximum atomic E-state index is 13.9. The second-order valence-corrected chi connectivity index (χ2v) is 10.3. The molecule has 0 aromatic heterocycles. The fourth-order valence-electron chi connectivity index (χ4n) is 4.28. The van der Waals surface area contributed by atoms with Crippen molar-refractivity contribution in [3.63, 3.8) is 0 Å². The zero-order valence-corrected chi connectivity index (χ0v) is 22.9. The molecule has 0 aliphatic rings. The summed E-state index contributed by atoms with van der Waals surface area (Å²) in [6.45, 7) is 8.22. The van der Waals surface area contributed by atoms with Crippen LogP contribution in [0.1, 0.15) is 48.1 Å². The van der Waals surface area contributed by atoms with Crippen LogP contribution in [0.2, 0.25) is 10.0 Å². The van der Waals surface area contributed by atoms with Gasteiger partial charge in [-0.3, -0.25) is 9.59 Å². The lowest BCUT2D eigenvalue weighted by Gasteiger charge is -2.32. The Balaban J connectivity index is 2.02. The third kappa shape index (κ3) is 7.84. The average molecular weight is 526 g/mol. The van der Waals surface area contributed by atoms with Crippen LogP contribution >= 0.6 is 23.2 Å². The molecule has 0 unspecified atom stereocenters.